The van der Waals surface area contributed by atoms with E-state index in [0.717, 1.165) is 5.56 Å². The van der Waals surface area contributed by atoms with Crippen molar-refractivity contribution in [2.45, 2.75) is 13.5 Å². The molecular formula is C16H17ClN2O2. The van der Waals surface area contributed by atoms with Crippen LogP contribution < -0.4 is 5.73 Å². The summed E-state index contributed by atoms with van der Waals surface area (Å²) in [6, 6.07) is 11.7. The molecule has 0 aliphatic rings. The topological polar surface area (TPSA) is 66.6 Å². The van der Waals surface area contributed by atoms with E-state index in [1.807, 2.05) is 25.1 Å². The summed E-state index contributed by atoms with van der Waals surface area (Å²) in [5.41, 5.74) is 7.42. The molecular weight excluding hydrogens is 288 g/mol. The van der Waals surface area contributed by atoms with Crippen molar-refractivity contribution >= 4 is 23.2 Å². The number of nitrogens with zero attached hydrogens (tertiary/aromatic N) is 1. The van der Waals surface area contributed by atoms with Crippen LogP contribution in [0.5, 0.6) is 5.75 Å². The van der Waals surface area contributed by atoms with E-state index in [0.29, 0.717) is 29.4 Å². The summed E-state index contributed by atoms with van der Waals surface area (Å²) in [4.78, 5) is 14.2. The molecule has 2 rings (SSSR count). The third kappa shape index (κ3) is 3.67. The van der Waals surface area contributed by atoms with Gasteiger partial charge in [-0.15, -0.1) is 0 Å². The minimum atomic E-state index is -0.217. The number of hydrogen-bond donors (Lipinski definition) is 2. The zero-order valence-corrected chi connectivity index (χ0v) is 12.5. The van der Waals surface area contributed by atoms with Crippen LogP contribution >= 0.6 is 11.6 Å². The Balaban J connectivity index is 2.24. The maximum Gasteiger partial charge on any atom is 0.256 e. The number of nitrogens with two attached hydrogens (primary N) is 1. The minimum Gasteiger partial charge on any atom is -0.508 e. The smallest absolute Gasteiger partial charge is 0.256 e. The van der Waals surface area contributed by atoms with Crippen LogP contribution in [0.4, 0.5) is 5.69 Å². The Kier molecular flexibility index (Phi) is 4.70. The predicted molar refractivity (Wildman–Crippen MR) is 84.4 cm³/mol. The molecule has 0 bridgehead atoms. The lowest BCUT2D eigenvalue weighted by Gasteiger charge is -2.22. The molecule has 0 spiro atoms. The van der Waals surface area contributed by atoms with Gasteiger partial charge in [0, 0.05) is 23.8 Å². The molecule has 0 fully saturated rings. The van der Waals surface area contributed by atoms with Gasteiger partial charge in [-0.05, 0) is 42.8 Å². The third-order valence-corrected chi connectivity index (χ3v) is 3.43. The van der Waals surface area contributed by atoms with Gasteiger partial charge >= 0.3 is 0 Å². The number of halogens is 1. The van der Waals surface area contributed by atoms with Crippen LogP contribution in [-0.4, -0.2) is 22.5 Å². The number of carbonyl (C=O) groups is 1. The number of anilines is 1. The first kappa shape index (κ1) is 15.2. The first-order valence-corrected chi connectivity index (χ1v) is 7.01. The van der Waals surface area contributed by atoms with E-state index in [1.54, 1.807) is 11.0 Å². The zero-order chi connectivity index (χ0) is 15.4. The summed E-state index contributed by atoms with van der Waals surface area (Å²) in [5, 5.41) is 10.2. The lowest BCUT2D eigenvalue weighted by Crippen LogP contribution is -2.30. The number of aromatic hydroxyl groups is 1. The molecule has 3 N–H and O–H groups in total. The molecule has 2 aromatic carbocycles. The van der Waals surface area contributed by atoms with E-state index in [-0.39, 0.29) is 11.7 Å². The van der Waals surface area contributed by atoms with Crippen LogP contribution in [0.25, 0.3) is 0 Å². The van der Waals surface area contributed by atoms with Crippen LogP contribution in [0.1, 0.15) is 22.8 Å². The normalized spacial score (nSPS) is 10.4. The quantitative estimate of drug-likeness (QED) is 0.673. The minimum absolute atomic E-state index is 0.0198. The van der Waals surface area contributed by atoms with Crippen LogP contribution in [0.15, 0.2) is 42.5 Å². The van der Waals surface area contributed by atoms with Crippen LogP contribution in [-0.2, 0) is 6.54 Å². The predicted octanol–water partition coefficient (Wildman–Crippen LogP) is 3.29. The van der Waals surface area contributed by atoms with Gasteiger partial charge in [0.1, 0.15) is 5.75 Å². The molecule has 21 heavy (non-hydrogen) atoms. The van der Waals surface area contributed by atoms with Crippen LogP contribution in [0.3, 0.4) is 0 Å². The Labute approximate surface area is 128 Å². The molecule has 0 atom stereocenters. The molecule has 0 heterocycles. The highest BCUT2D eigenvalue weighted by Crippen LogP contribution is 2.21. The molecule has 2 aromatic rings. The van der Waals surface area contributed by atoms with E-state index in [4.69, 9.17) is 17.3 Å². The fraction of sp³-hybridized carbons (Fsp3) is 0.188. The summed E-state index contributed by atoms with van der Waals surface area (Å²) in [5.74, 6) is -0.197. The molecule has 0 saturated heterocycles. The third-order valence-electron chi connectivity index (χ3n) is 3.20. The Bertz CT molecular complexity index is 658. The zero-order valence-electron chi connectivity index (χ0n) is 11.7. The molecule has 1 amide bonds. The highest BCUT2D eigenvalue weighted by molar-refractivity contribution is 6.30. The first-order valence-electron chi connectivity index (χ1n) is 6.63. The number of nitrogen functional groups attached to an aromatic ring is 1. The second-order valence-corrected chi connectivity index (χ2v) is 5.16. The van der Waals surface area contributed by atoms with Gasteiger partial charge in [0.15, 0.2) is 0 Å². The second-order valence-electron chi connectivity index (χ2n) is 4.72. The van der Waals surface area contributed by atoms with Crippen molar-refractivity contribution in [3.8, 4) is 5.75 Å². The molecule has 5 heteroatoms. The van der Waals surface area contributed by atoms with E-state index in [2.05, 4.69) is 0 Å². The van der Waals surface area contributed by atoms with Gasteiger partial charge < -0.3 is 15.7 Å². The summed E-state index contributed by atoms with van der Waals surface area (Å²) < 4.78 is 0. The highest BCUT2D eigenvalue weighted by atomic mass is 35.5. The van der Waals surface area contributed by atoms with Gasteiger partial charge in [0.2, 0.25) is 0 Å². The van der Waals surface area contributed by atoms with Crippen molar-refractivity contribution in [2.75, 3.05) is 12.3 Å². The number of phenolic OH excluding ortho intramolecular Hbond substituents is 1. The maximum atomic E-state index is 12.5. The number of rotatable bonds is 4. The van der Waals surface area contributed by atoms with Gasteiger partial charge in [-0.1, -0.05) is 23.7 Å². The van der Waals surface area contributed by atoms with Crippen molar-refractivity contribution in [2.24, 2.45) is 0 Å². The van der Waals surface area contributed by atoms with Crippen LogP contribution in [0.2, 0.25) is 5.02 Å². The Morgan fingerprint density at radius 2 is 2.05 bits per heavy atom. The number of phenols is 1. The van der Waals surface area contributed by atoms with E-state index in [9.17, 15) is 9.90 Å². The molecule has 4 nitrogen and oxygen atoms in total. The van der Waals surface area contributed by atoms with Gasteiger partial charge in [0.25, 0.3) is 5.91 Å². The molecule has 0 aliphatic carbocycles. The summed E-state index contributed by atoms with van der Waals surface area (Å²) >= 11 is 5.96. The van der Waals surface area contributed by atoms with Crippen molar-refractivity contribution in [3.63, 3.8) is 0 Å². The summed E-state index contributed by atoms with van der Waals surface area (Å²) in [6.07, 6.45) is 0. The maximum absolute atomic E-state index is 12.5. The van der Waals surface area contributed by atoms with Crippen LogP contribution in [0, 0.1) is 0 Å². The van der Waals surface area contributed by atoms with Crippen molar-refractivity contribution < 1.29 is 9.90 Å². The largest absolute Gasteiger partial charge is 0.508 e. The second kappa shape index (κ2) is 6.50. The summed E-state index contributed by atoms with van der Waals surface area (Å²) in [6.45, 7) is 2.85. The van der Waals surface area contributed by atoms with Crippen molar-refractivity contribution in [3.05, 3.63) is 58.6 Å². The Morgan fingerprint density at radius 1 is 1.29 bits per heavy atom. The van der Waals surface area contributed by atoms with Crippen molar-refractivity contribution in [1.82, 2.24) is 4.90 Å². The fourth-order valence-electron chi connectivity index (χ4n) is 2.08. The van der Waals surface area contributed by atoms with Gasteiger partial charge in [-0.25, -0.2) is 0 Å². The number of benzene rings is 2. The standard InChI is InChI=1S/C16H17ClN2O2/c1-2-19(10-11-4-3-5-12(17)8-11)16(21)14-9-13(20)6-7-15(14)18/h3-9,20H,2,10,18H2,1H3. The Morgan fingerprint density at radius 3 is 2.71 bits per heavy atom. The molecule has 0 saturated carbocycles. The number of hydrogen-bond acceptors (Lipinski definition) is 3. The monoisotopic (exact) mass is 304 g/mol. The van der Waals surface area contributed by atoms with Gasteiger partial charge in [0.05, 0.1) is 5.56 Å². The summed E-state index contributed by atoms with van der Waals surface area (Å²) in [7, 11) is 0. The molecule has 110 valence electrons. The van der Waals surface area contributed by atoms with E-state index < -0.39 is 0 Å². The SMILES string of the molecule is CCN(Cc1cccc(Cl)c1)C(=O)c1cc(O)ccc1N. The van der Waals surface area contributed by atoms with Crippen molar-refractivity contribution in [1.29, 1.82) is 0 Å². The van der Waals surface area contributed by atoms with E-state index >= 15 is 0 Å². The van der Waals surface area contributed by atoms with Gasteiger partial charge in [-0.2, -0.15) is 0 Å². The molecule has 0 unspecified atom stereocenters. The number of amides is 1. The van der Waals surface area contributed by atoms with Gasteiger partial charge in [-0.3, -0.25) is 4.79 Å². The average molecular weight is 305 g/mol. The van der Waals surface area contributed by atoms with E-state index in [1.165, 1.54) is 18.2 Å². The lowest BCUT2D eigenvalue weighted by molar-refractivity contribution is 0.0753. The molecule has 0 aromatic heterocycles. The average Bonchev–Trinajstić information content (AvgIpc) is 2.46. The number of carbonyl (C=O) groups excluding carboxylic acids is 1. The first-order chi connectivity index (χ1) is 10.0. The molecule has 0 radical (unpaired) electrons. The highest BCUT2D eigenvalue weighted by Gasteiger charge is 2.17. The lowest BCUT2D eigenvalue weighted by atomic mass is 10.1. The Hall–Kier alpha value is -2.20. The fourth-order valence-corrected chi connectivity index (χ4v) is 2.30. The molecule has 0 aliphatic heterocycles.